The maximum Gasteiger partial charge on any atom is 0.258 e. The van der Waals surface area contributed by atoms with Gasteiger partial charge in [0.15, 0.2) is 9.84 Å². The molecule has 1 heterocycles. The van der Waals surface area contributed by atoms with Crippen molar-refractivity contribution in [2.45, 2.75) is 4.90 Å². The Hall–Kier alpha value is -0.960. The van der Waals surface area contributed by atoms with E-state index >= 15 is 0 Å². The highest BCUT2D eigenvalue weighted by Crippen LogP contribution is 2.19. The van der Waals surface area contributed by atoms with Crippen LogP contribution in [0.3, 0.4) is 0 Å². The molecule has 84 valence electrons. The first kappa shape index (κ1) is 11.5. The van der Waals surface area contributed by atoms with Crippen LogP contribution in [0.2, 0.25) is 0 Å². The molecule has 0 saturated carbocycles. The fourth-order valence-corrected chi connectivity index (χ4v) is 2.12. The van der Waals surface area contributed by atoms with Crippen molar-refractivity contribution >= 4 is 32.4 Å². The van der Waals surface area contributed by atoms with Crippen LogP contribution in [-0.4, -0.2) is 24.8 Å². The van der Waals surface area contributed by atoms with Gasteiger partial charge in [-0.25, -0.2) is 8.42 Å². The largest absolute Gasteiger partial charge is 0.333 e. The molecule has 7 heteroatoms. The van der Waals surface area contributed by atoms with Gasteiger partial charge in [0.05, 0.1) is 4.90 Å². The zero-order valence-corrected chi connectivity index (χ0v) is 11.2. The third-order valence-electron chi connectivity index (χ3n) is 1.93. The van der Waals surface area contributed by atoms with Crippen LogP contribution >= 0.6 is 22.6 Å². The Labute approximate surface area is 106 Å². The molecule has 0 saturated heterocycles. The standard InChI is InChI=1S/C9H7IN2O3S/c1-16(13,14)7-4-2-6(3-5-7)8-11-9(10)12-15-8/h2-5H,1H3. The van der Waals surface area contributed by atoms with E-state index in [0.717, 1.165) is 6.26 Å². The van der Waals surface area contributed by atoms with Gasteiger partial charge in [0.1, 0.15) is 0 Å². The van der Waals surface area contributed by atoms with Gasteiger partial charge in [-0.1, -0.05) is 5.16 Å². The van der Waals surface area contributed by atoms with Crippen molar-refractivity contribution in [1.82, 2.24) is 10.1 Å². The summed E-state index contributed by atoms with van der Waals surface area (Å²) < 4.78 is 27.9. The van der Waals surface area contributed by atoms with Gasteiger partial charge in [0.25, 0.3) is 5.89 Å². The first-order valence-corrected chi connectivity index (χ1v) is 7.23. The molecular formula is C9H7IN2O3S. The van der Waals surface area contributed by atoms with Gasteiger partial charge in [-0.2, -0.15) is 4.98 Å². The van der Waals surface area contributed by atoms with Gasteiger partial charge in [0.2, 0.25) is 3.83 Å². The molecule has 16 heavy (non-hydrogen) atoms. The molecule has 2 rings (SSSR count). The van der Waals surface area contributed by atoms with Crippen LogP contribution in [0.1, 0.15) is 0 Å². The van der Waals surface area contributed by atoms with Gasteiger partial charge < -0.3 is 4.52 Å². The second kappa shape index (κ2) is 4.13. The van der Waals surface area contributed by atoms with E-state index in [1.807, 2.05) is 22.6 Å². The minimum absolute atomic E-state index is 0.269. The molecule has 0 aliphatic heterocycles. The number of hydrogen-bond acceptors (Lipinski definition) is 5. The predicted molar refractivity (Wildman–Crippen MR) is 65.6 cm³/mol. The maximum absolute atomic E-state index is 11.2. The van der Waals surface area contributed by atoms with Crippen LogP contribution < -0.4 is 0 Å². The molecule has 2 aromatic rings. The zero-order chi connectivity index (χ0) is 11.8. The van der Waals surface area contributed by atoms with Crippen molar-refractivity contribution in [2.75, 3.05) is 6.26 Å². The highest BCUT2D eigenvalue weighted by Gasteiger charge is 2.10. The van der Waals surface area contributed by atoms with E-state index in [0.29, 0.717) is 15.3 Å². The van der Waals surface area contributed by atoms with E-state index in [4.69, 9.17) is 4.52 Å². The average molecular weight is 350 g/mol. The molecule has 1 aromatic carbocycles. The van der Waals surface area contributed by atoms with Crippen LogP contribution in [0, 0.1) is 3.83 Å². The van der Waals surface area contributed by atoms with E-state index in [1.165, 1.54) is 12.1 Å². The molecule has 0 amide bonds. The molecule has 0 N–H and O–H groups in total. The minimum Gasteiger partial charge on any atom is -0.333 e. The fraction of sp³-hybridized carbons (Fsp3) is 0.111. The topological polar surface area (TPSA) is 73.1 Å². The highest BCUT2D eigenvalue weighted by molar-refractivity contribution is 14.1. The number of hydrogen-bond donors (Lipinski definition) is 0. The van der Waals surface area contributed by atoms with E-state index in [9.17, 15) is 8.42 Å². The lowest BCUT2D eigenvalue weighted by Gasteiger charge is -1.98. The second-order valence-electron chi connectivity index (χ2n) is 3.17. The predicted octanol–water partition coefficient (Wildman–Crippen LogP) is 1.74. The Bertz CT molecular complexity index is 604. The molecule has 0 unspecified atom stereocenters. The number of benzene rings is 1. The molecule has 0 radical (unpaired) electrons. The second-order valence-corrected chi connectivity index (χ2v) is 6.15. The monoisotopic (exact) mass is 350 g/mol. The smallest absolute Gasteiger partial charge is 0.258 e. The van der Waals surface area contributed by atoms with Crippen molar-refractivity contribution in [2.24, 2.45) is 0 Å². The Morgan fingerprint density at radius 1 is 1.25 bits per heavy atom. The minimum atomic E-state index is -3.16. The molecule has 0 aliphatic rings. The zero-order valence-electron chi connectivity index (χ0n) is 8.21. The van der Waals surface area contributed by atoms with Gasteiger partial charge in [-0.3, -0.25) is 0 Å². The molecule has 0 bridgehead atoms. The summed E-state index contributed by atoms with van der Waals surface area (Å²) in [6, 6.07) is 6.31. The summed E-state index contributed by atoms with van der Waals surface area (Å²) in [5, 5.41) is 3.65. The molecule has 1 aromatic heterocycles. The summed E-state index contributed by atoms with van der Waals surface area (Å²) in [5.41, 5.74) is 0.697. The Balaban J connectivity index is 2.40. The van der Waals surface area contributed by atoms with Crippen molar-refractivity contribution in [1.29, 1.82) is 0 Å². The SMILES string of the molecule is CS(=O)(=O)c1ccc(-c2nc(I)no2)cc1. The van der Waals surface area contributed by atoms with E-state index in [1.54, 1.807) is 12.1 Å². The van der Waals surface area contributed by atoms with Crippen LogP contribution in [0.5, 0.6) is 0 Å². The van der Waals surface area contributed by atoms with Crippen molar-refractivity contribution in [3.8, 4) is 11.5 Å². The normalized spacial score (nSPS) is 11.6. The number of halogens is 1. The molecule has 0 aliphatic carbocycles. The molecule has 0 atom stereocenters. The molecule has 5 nitrogen and oxygen atoms in total. The average Bonchev–Trinajstić information content (AvgIpc) is 2.64. The van der Waals surface area contributed by atoms with Gasteiger partial charge in [-0.15, -0.1) is 0 Å². The molecule has 0 fully saturated rings. The first-order chi connectivity index (χ1) is 7.47. The summed E-state index contributed by atoms with van der Waals surface area (Å²) >= 11 is 1.94. The summed E-state index contributed by atoms with van der Waals surface area (Å²) in [6.45, 7) is 0. The quantitative estimate of drug-likeness (QED) is 0.772. The van der Waals surface area contributed by atoms with Crippen molar-refractivity contribution in [3.05, 3.63) is 28.1 Å². The third kappa shape index (κ3) is 2.40. The molecular weight excluding hydrogens is 343 g/mol. The Morgan fingerprint density at radius 2 is 1.88 bits per heavy atom. The number of sulfone groups is 1. The summed E-state index contributed by atoms with van der Waals surface area (Å²) in [7, 11) is -3.16. The van der Waals surface area contributed by atoms with Crippen LogP contribution in [0.4, 0.5) is 0 Å². The van der Waals surface area contributed by atoms with E-state index < -0.39 is 9.84 Å². The lowest BCUT2D eigenvalue weighted by atomic mass is 10.2. The Morgan fingerprint density at radius 3 is 2.31 bits per heavy atom. The third-order valence-corrected chi connectivity index (χ3v) is 3.50. The fourth-order valence-electron chi connectivity index (χ4n) is 1.17. The van der Waals surface area contributed by atoms with Gasteiger partial charge in [-0.05, 0) is 24.3 Å². The van der Waals surface area contributed by atoms with Crippen molar-refractivity contribution in [3.63, 3.8) is 0 Å². The number of aromatic nitrogens is 2. The van der Waals surface area contributed by atoms with Crippen LogP contribution in [0.25, 0.3) is 11.5 Å². The van der Waals surface area contributed by atoms with Crippen LogP contribution in [-0.2, 0) is 9.84 Å². The summed E-state index contributed by atoms with van der Waals surface area (Å²) in [5.74, 6) is 0.379. The number of rotatable bonds is 2. The van der Waals surface area contributed by atoms with Crippen molar-refractivity contribution < 1.29 is 12.9 Å². The van der Waals surface area contributed by atoms with Gasteiger partial charge in [0, 0.05) is 34.4 Å². The maximum atomic E-state index is 11.2. The first-order valence-electron chi connectivity index (χ1n) is 4.26. The lowest BCUT2D eigenvalue weighted by Crippen LogP contribution is -1.96. The summed E-state index contributed by atoms with van der Waals surface area (Å²) in [6.07, 6.45) is 1.16. The van der Waals surface area contributed by atoms with Crippen LogP contribution in [0.15, 0.2) is 33.7 Å². The van der Waals surface area contributed by atoms with E-state index in [2.05, 4.69) is 10.1 Å². The van der Waals surface area contributed by atoms with E-state index in [-0.39, 0.29) is 4.90 Å². The summed E-state index contributed by atoms with van der Waals surface area (Å²) in [4.78, 5) is 4.30. The Kier molecular flexibility index (Phi) is 2.98. The van der Waals surface area contributed by atoms with Gasteiger partial charge >= 0.3 is 0 Å². The molecule has 0 spiro atoms. The highest BCUT2D eigenvalue weighted by atomic mass is 127. The number of nitrogens with zero attached hydrogens (tertiary/aromatic N) is 2. The lowest BCUT2D eigenvalue weighted by molar-refractivity contribution is 0.426.